The van der Waals surface area contributed by atoms with E-state index in [2.05, 4.69) is 4.72 Å². The zero-order valence-corrected chi connectivity index (χ0v) is 10.5. The van der Waals surface area contributed by atoms with Gasteiger partial charge in [-0.3, -0.25) is 0 Å². The van der Waals surface area contributed by atoms with Gasteiger partial charge in [-0.2, -0.15) is 0 Å². The SMILES string of the molecule is NC[C@H]1CC[C@@H](NS(=O)(=O)C2CCCC2)C1. The Balaban J connectivity index is 1.89. The average molecular weight is 246 g/mol. The van der Waals surface area contributed by atoms with Gasteiger partial charge in [0.2, 0.25) is 10.0 Å². The molecule has 94 valence electrons. The Morgan fingerprint density at radius 3 is 2.38 bits per heavy atom. The summed E-state index contributed by atoms with van der Waals surface area (Å²) in [4.78, 5) is 0. The minimum Gasteiger partial charge on any atom is -0.330 e. The fourth-order valence-corrected chi connectivity index (χ4v) is 4.75. The Labute approximate surface area is 98.0 Å². The molecule has 2 fully saturated rings. The molecule has 16 heavy (non-hydrogen) atoms. The van der Waals surface area contributed by atoms with Crippen LogP contribution in [0.3, 0.4) is 0 Å². The van der Waals surface area contributed by atoms with Gasteiger partial charge in [0.15, 0.2) is 0 Å². The Kier molecular flexibility index (Phi) is 3.87. The number of sulfonamides is 1. The van der Waals surface area contributed by atoms with E-state index in [-0.39, 0.29) is 11.3 Å². The Morgan fingerprint density at radius 2 is 1.81 bits per heavy atom. The van der Waals surface area contributed by atoms with Crippen LogP contribution in [-0.2, 0) is 10.0 Å². The summed E-state index contributed by atoms with van der Waals surface area (Å²) < 4.78 is 27.0. The number of nitrogens with one attached hydrogen (secondary N) is 1. The molecule has 0 saturated heterocycles. The first kappa shape index (κ1) is 12.3. The molecule has 0 spiro atoms. The van der Waals surface area contributed by atoms with Gasteiger partial charge < -0.3 is 5.73 Å². The third-order valence-electron chi connectivity index (χ3n) is 3.95. The Morgan fingerprint density at radius 1 is 1.12 bits per heavy atom. The van der Waals surface area contributed by atoms with Crippen LogP contribution in [0.4, 0.5) is 0 Å². The van der Waals surface area contributed by atoms with Gasteiger partial charge in [-0.15, -0.1) is 0 Å². The lowest BCUT2D eigenvalue weighted by atomic mass is 10.1. The van der Waals surface area contributed by atoms with Crippen LogP contribution in [-0.4, -0.2) is 26.3 Å². The van der Waals surface area contributed by atoms with Crippen LogP contribution in [0.25, 0.3) is 0 Å². The van der Waals surface area contributed by atoms with Crippen molar-refractivity contribution in [1.82, 2.24) is 4.72 Å². The predicted molar refractivity (Wildman–Crippen MR) is 64.5 cm³/mol. The first-order chi connectivity index (χ1) is 7.62. The zero-order chi connectivity index (χ0) is 11.6. The molecule has 2 rings (SSSR count). The van der Waals surface area contributed by atoms with E-state index in [0.717, 1.165) is 44.9 Å². The summed E-state index contributed by atoms with van der Waals surface area (Å²) in [5, 5.41) is -0.135. The largest absolute Gasteiger partial charge is 0.330 e. The molecule has 2 aliphatic carbocycles. The summed E-state index contributed by atoms with van der Waals surface area (Å²) >= 11 is 0. The molecule has 0 aliphatic heterocycles. The number of hydrogen-bond donors (Lipinski definition) is 2. The second kappa shape index (κ2) is 5.02. The minimum absolute atomic E-state index is 0.135. The molecular formula is C11H22N2O2S. The van der Waals surface area contributed by atoms with Crippen LogP contribution in [0.5, 0.6) is 0 Å². The van der Waals surface area contributed by atoms with E-state index in [1.54, 1.807) is 0 Å². The monoisotopic (exact) mass is 246 g/mol. The maximum absolute atomic E-state index is 12.0. The lowest BCUT2D eigenvalue weighted by molar-refractivity contribution is 0.516. The normalized spacial score (nSPS) is 32.3. The first-order valence-electron chi connectivity index (χ1n) is 6.33. The molecule has 0 aromatic rings. The fourth-order valence-electron chi connectivity index (χ4n) is 2.92. The van der Waals surface area contributed by atoms with Gasteiger partial charge in [0.1, 0.15) is 0 Å². The van der Waals surface area contributed by atoms with Crippen molar-refractivity contribution >= 4 is 10.0 Å². The number of nitrogens with two attached hydrogens (primary N) is 1. The first-order valence-corrected chi connectivity index (χ1v) is 7.87. The average Bonchev–Trinajstić information content (AvgIpc) is 2.86. The van der Waals surface area contributed by atoms with E-state index < -0.39 is 10.0 Å². The number of hydrogen-bond acceptors (Lipinski definition) is 3. The standard InChI is InChI=1S/C11H22N2O2S/c12-8-9-5-6-10(7-9)13-16(14,15)11-3-1-2-4-11/h9-11,13H,1-8,12H2/t9-,10+/m0/s1. The van der Waals surface area contributed by atoms with Gasteiger partial charge >= 0.3 is 0 Å². The second-order valence-corrected chi connectivity index (χ2v) is 7.17. The maximum Gasteiger partial charge on any atom is 0.214 e. The summed E-state index contributed by atoms with van der Waals surface area (Å²) in [6.07, 6.45) is 6.72. The molecule has 5 heteroatoms. The van der Waals surface area contributed by atoms with Gasteiger partial charge in [-0.05, 0) is 44.6 Å². The van der Waals surface area contributed by atoms with Crippen molar-refractivity contribution in [3.63, 3.8) is 0 Å². The summed E-state index contributed by atoms with van der Waals surface area (Å²) in [5.74, 6) is 0.510. The molecule has 0 amide bonds. The lowest BCUT2D eigenvalue weighted by Gasteiger charge is -2.17. The molecule has 0 aromatic heterocycles. The summed E-state index contributed by atoms with van der Waals surface area (Å²) in [7, 11) is -3.07. The highest BCUT2D eigenvalue weighted by Crippen LogP contribution is 2.28. The third kappa shape index (κ3) is 2.76. The van der Waals surface area contributed by atoms with Crippen molar-refractivity contribution in [3.8, 4) is 0 Å². The highest BCUT2D eigenvalue weighted by Gasteiger charge is 2.33. The van der Waals surface area contributed by atoms with Crippen molar-refractivity contribution in [2.45, 2.75) is 56.2 Å². The fraction of sp³-hybridized carbons (Fsp3) is 1.00. The van der Waals surface area contributed by atoms with Crippen molar-refractivity contribution in [3.05, 3.63) is 0 Å². The quantitative estimate of drug-likeness (QED) is 0.776. The summed E-state index contributed by atoms with van der Waals surface area (Å²) in [6, 6.07) is 0.138. The van der Waals surface area contributed by atoms with Crippen molar-refractivity contribution < 1.29 is 8.42 Å². The molecule has 4 nitrogen and oxygen atoms in total. The molecule has 0 radical (unpaired) electrons. The van der Waals surface area contributed by atoms with Crippen LogP contribution in [0.2, 0.25) is 0 Å². The number of rotatable bonds is 4. The molecule has 2 saturated carbocycles. The highest BCUT2D eigenvalue weighted by atomic mass is 32.2. The maximum atomic E-state index is 12.0. The smallest absolute Gasteiger partial charge is 0.214 e. The van der Waals surface area contributed by atoms with Crippen molar-refractivity contribution in [2.75, 3.05) is 6.54 Å². The van der Waals surface area contributed by atoms with Crippen LogP contribution >= 0.6 is 0 Å². The molecule has 0 unspecified atom stereocenters. The van der Waals surface area contributed by atoms with Crippen LogP contribution in [0.15, 0.2) is 0 Å². The molecule has 0 aromatic carbocycles. The highest BCUT2D eigenvalue weighted by molar-refractivity contribution is 7.90. The molecule has 0 heterocycles. The molecule has 2 atom stereocenters. The van der Waals surface area contributed by atoms with Gasteiger partial charge in [0.25, 0.3) is 0 Å². The lowest BCUT2D eigenvalue weighted by Crippen LogP contribution is -2.39. The van der Waals surface area contributed by atoms with Gasteiger partial charge in [0.05, 0.1) is 5.25 Å². The van der Waals surface area contributed by atoms with Gasteiger partial charge in [-0.25, -0.2) is 13.1 Å². The van der Waals surface area contributed by atoms with E-state index in [4.69, 9.17) is 5.73 Å². The Hall–Kier alpha value is -0.130. The van der Waals surface area contributed by atoms with E-state index in [1.165, 1.54) is 0 Å². The molecule has 0 bridgehead atoms. The molecular weight excluding hydrogens is 224 g/mol. The summed E-state index contributed by atoms with van der Waals surface area (Å²) in [5.41, 5.74) is 5.60. The summed E-state index contributed by atoms with van der Waals surface area (Å²) in [6.45, 7) is 0.682. The zero-order valence-electron chi connectivity index (χ0n) is 9.69. The van der Waals surface area contributed by atoms with E-state index in [9.17, 15) is 8.42 Å². The van der Waals surface area contributed by atoms with Gasteiger partial charge in [0, 0.05) is 6.04 Å². The molecule has 3 N–H and O–H groups in total. The predicted octanol–water partition coefficient (Wildman–Crippen LogP) is 0.976. The van der Waals surface area contributed by atoms with Crippen molar-refractivity contribution in [2.24, 2.45) is 11.7 Å². The minimum atomic E-state index is -3.07. The van der Waals surface area contributed by atoms with Crippen LogP contribution in [0.1, 0.15) is 44.9 Å². The topological polar surface area (TPSA) is 72.2 Å². The second-order valence-electron chi connectivity index (χ2n) is 5.18. The van der Waals surface area contributed by atoms with E-state index in [1.807, 2.05) is 0 Å². The molecule has 2 aliphatic rings. The third-order valence-corrected chi connectivity index (χ3v) is 5.96. The van der Waals surface area contributed by atoms with E-state index in [0.29, 0.717) is 12.5 Å². The van der Waals surface area contributed by atoms with Crippen LogP contribution in [0, 0.1) is 5.92 Å². The van der Waals surface area contributed by atoms with E-state index >= 15 is 0 Å². The Bertz CT molecular complexity index is 323. The van der Waals surface area contributed by atoms with Gasteiger partial charge in [-0.1, -0.05) is 12.8 Å². The van der Waals surface area contributed by atoms with Crippen LogP contribution < -0.4 is 10.5 Å². The van der Waals surface area contributed by atoms with Crippen molar-refractivity contribution in [1.29, 1.82) is 0 Å².